The molecule has 2 aromatic carbocycles. The Kier molecular flexibility index (Phi) is 10.9. The lowest BCUT2D eigenvalue weighted by Gasteiger charge is -2.24. The summed E-state index contributed by atoms with van der Waals surface area (Å²) >= 11 is 0.703. The van der Waals surface area contributed by atoms with E-state index in [0.29, 0.717) is 56.6 Å². The van der Waals surface area contributed by atoms with Crippen LogP contribution in [-0.2, 0) is 10.9 Å². The molecule has 2 N–H and O–H groups in total. The second kappa shape index (κ2) is 14.7. The van der Waals surface area contributed by atoms with Gasteiger partial charge in [-0.15, -0.1) is 11.3 Å². The van der Waals surface area contributed by atoms with Crippen LogP contribution in [-0.4, -0.2) is 73.6 Å². The molecule has 0 bridgehead atoms. The van der Waals surface area contributed by atoms with Crippen molar-refractivity contribution in [2.75, 3.05) is 57.1 Å². The van der Waals surface area contributed by atoms with Crippen molar-refractivity contribution in [2.24, 2.45) is 0 Å². The molecule has 7 rings (SSSR count). The fourth-order valence-corrected chi connectivity index (χ4v) is 7.45. The first-order valence-electron chi connectivity index (χ1n) is 15.8. The van der Waals surface area contributed by atoms with Crippen molar-refractivity contribution in [3.8, 4) is 23.2 Å². The third kappa shape index (κ3) is 6.83. The van der Waals surface area contributed by atoms with Gasteiger partial charge in [-0.3, -0.25) is 4.90 Å². The number of nitrogens with two attached hydrogens (primary N) is 1. The van der Waals surface area contributed by atoms with Crippen LogP contribution in [0.1, 0.15) is 50.7 Å². The maximum absolute atomic E-state index is 16.3. The predicted octanol–water partition coefficient (Wildman–Crippen LogP) is 7.72. The Labute approximate surface area is 278 Å². The van der Waals surface area contributed by atoms with Crippen LogP contribution in [0.5, 0.6) is 6.01 Å². The lowest BCUT2D eigenvalue weighted by Crippen LogP contribution is -2.27. The highest BCUT2D eigenvalue weighted by Crippen LogP contribution is 2.48. The first-order valence-corrected chi connectivity index (χ1v) is 16.6. The molecule has 5 heterocycles. The van der Waals surface area contributed by atoms with Gasteiger partial charge in [-0.05, 0) is 49.9 Å². The molecule has 8 nitrogen and oxygen atoms in total. The molecule has 0 amide bonds. The van der Waals surface area contributed by atoms with Gasteiger partial charge in [-0.2, -0.15) is 28.4 Å². The number of methoxy groups -OCH3 is 1. The van der Waals surface area contributed by atoms with E-state index in [-0.39, 0.29) is 43.4 Å². The third-order valence-electron chi connectivity index (χ3n) is 8.56. The number of halogens is 6. The zero-order valence-electron chi connectivity index (χ0n) is 26.8. The van der Waals surface area contributed by atoms with E-state index in [4.69, 9.17) is 15.2 Å². The normalized spacial score (nSPS) is 19.6. The standard InChI is InChI=1S/C24H18F5N5O2S.C7H12FN.C2H6/c1-35-23-32-19-12(22(33-23)34-5-2-7-36-8-6-34)9-14(24(27,28)29)17(18(19)26)11-3-4-15(25)20-16(11)13(10-30)21(31)37-20;8-6-4-7-2-1-3-9(7)5-6;1-2/h3-4,9H,2,5-8,31H2,1H3;6-7H,1-5H2;1-2H3. The zero-order valence-corrected chi connectivity index (χ0v) is 27.6. The summed E-state index contributed by atoms with van der Waals surface area (Å²) in [4.78, 5) is 12.3. The Hall–Kier alpha value is -3.87. The van der Waals surface area contributed by atoms with E-state index >= 15 is 4.39 Å². The van der Waals surface area contributed by atoms with E-state index in [9.17, 15) is 27.2 Å². The lowest BCUT2D eigenvalue weighted by molar-refractivity contribution is -0.137. The van der Waals surface area contributed by atoms with E-state index in [1.54, 1.807) is 11.0 Å². The molecule has 2 aromatic heterocycles. The summed E-state index contributed by atoms with van der Waals surface area (Å²) in [6.07, 6.45) is -1.61. The Bertz CT molecular complexity index is 1810. The van der Waals surface area contributed by atoms with Crippen LogP contribution in [0.25, 0.3) is 32.1 Å². The molecule has 3 fully saturated rings. The van der Waals surface area contributed by atoms with Gasteiger partial charge in [-0.25, -0.2) is 13.2 Å². The average Bonchev–Trinajstić information content (AvgIpc) is 3.67. The molecule has 15 heteroatoms. The van der Waals surface area contributed by atoms with Crippen LogP contribution in [0.4, 0.5) is 37.2 Å². The van der Waals surface area contributed by atoms with Gasteiger partial charge in [0.25, 0.3) is 0 Å². The molecular weight excluding hydrogens is 658 g/mol. The summed E-state index contributed by atoms with van der Waals surface area (Å²) in [6, 6.07) is 4.88. The average molecular weight is 695 g/mol. The number of hydrogen-bond donors (Lipinski definition) is 1. The maximum atomic E-state index is 16.3. The number of thiophene rings is 1. The summed E-state index contributed by atoms with van der Waals surface area (Å²) in [5, 5.41) is 9.14. The highest BCUT2D eigenvalue weighted by Gasteiger charge is 2.39. The number of nitrogens with zero attached hydrogens (tertiary/aromatic N) is 5. The SMILES string of the molecule is CC.COc1nc(N2CCCOCC2)c2cc(C(F)(F)F)c(-c3ccc(F)c4sc(N)c(C#N)c34)c(F)c2n1.FC1CC2CCCN2C1. The molecule has 2 atom stereocenters. The van der Waals surface area contributed by atoms with Crippen molar-refractivity contribution < 1.29 is 35.8 Å². The Morgan fingerprint density at radius 1 is 1.10 bits per heavy atom. The third-order valence-corrected chi connectivity index (χ3v) is 9.59. The lowest BCUT2D eigenvalue weighted by atomic mass is 9.92. The summed E-state index contributed by atoms with van der Waals surface area (Å²) in [6.45, 7) is 7.37. The van der Waals surface area contributed by atoms with Crippen molar-refractivity contribution in [2.45, 2.75) is 57.9 Å². The van der Waals surface area contributed by atoms with E-state index < -0.39 is 40.6 Å². The molecule has 2 unspecified atom stereocenters. The van der Waals surface area contributed by atoms with Gasteiger partial charge in [0.2, 0.25) is 0 Å². The molecule has 3 saturated heterocycles. The molecule has 48 heavy (non-hydrogen) atoms. The molecular formula is C33H36F6N6O2S. The molecule has 4 aromatic rings. The fraction of sp³-hybridized carbons (Fsp3) is 0.485. The molecule has 258 valence electrons. The van der Waals surface area contributed by atoms with Gasteiger partial charge >= 0.3 is 12.2 Å². The van der Waals surface area contributed by atoms with Crippen LogP contribution in [0.15, 0.2) is 18.2 Å². The highest BCUT2D eigenvalue weighted by molar-refractivity contribution is 7.23. The first kappa shape index (κ1) is 35.4. The predicted molar refractivity (Wildman–Crippen MR) is 174 cm³/mol. The minimum atomic E-state index is -5.02. The van der Waals surface area contributed by atoms with E-state index in [1.165, 1.54) is 20.0 Å². The van der Waals surface area contributed by atoms with Crippen molar-refractivity contribution >= 4 is 43.1 Å². The second-order valence-electron chi connectivity index (χ2n) is 11.4. The van der Waals surface area contributed by atoms with Crippen LogP contribution in [0.3, 0.4) is 0 Å². The molecule has 3 aliphatic heterocycles. The quantitative estimate of drug-likeness (QED) is 0.218. The van der Waals surface area contributed by atoms with Gasteiger partial charge in [-0.1, -0.05) is 19.9 Å². The second-order valence-corrected chi connectivity index (χ2v) is 12.4. The van der Waals surface area contributed by atoms with Gasteiger partial charge in [0.1, 0.15) is 34.4 Å². The summed E-state index contributed by atoms with van der Waals surface area (Å²) < 4.78 is 97.3. The Balaban J connectivity index is 0.000000347. The number of nitriles is 1. The van der Waals surface area contributed by atoms with Gasteiger partial charge in [0.15, 0.2) is 5.82 Å². The van der Waals surface area contributed by atoms with E-state index in [2.05, 4.69) is 14.9 Å². The number of benzene rings is 2. The monoisotopic (exact) mass is 694 g/mol. The topological polar surface area (TPSA) is 101 Å². The van der Waals surface area contributed by atoms with Crippen molar-refractivity contribution in [3.05, 3.63) is 41.0 Å². The number of alkyl halides is 4. The van der Waals surface area contributed by atoms with Crippen molar-refractivity contribution in [1.82, 2.24) is 14.9 Å². The molecule has 0 radical (unpaired) electrons. The Morgan fingerprint density at radius 3 is 2.56 bits per heavy atom. The van der Waals surface area contributed by atoms with Crippen LogP contribution in [0.2, 0.25) is 0 Å². The molecule has 3 aliphatic rings. The number of hydrogen-bond acceptors (Lipinski definition) is 9. The van der Waals surface area contributed by atoms with Crippen LogP contribution < -0.4 is 15.4 Å². The van der Waals surface area contributed by atoms with Crippen LogP contribution in [0, 0.1) is 23.0 Å². The highest BCUT2D eigenvalue weighted by atomic mass is 32.1. The summed E-state index contributed by atoms with van der Waals surface area (Å²) in [7, 11) is 1.26. The summed E-state index contributed by atoms with van der Waals surface area (Å²) in [5.41, 5.74) is 2.69. The van der Waals surface area contributed by atoms with E-state index in [1.807, 2.05) is 13.8 Å². The fourth-order valence-electron chi connectivity index (χ4n) is 6.50. The number of ether oxygens (including phenoxy) is 2. The van der Waals surface area contributed by atoms with Gasteiger partial charge in [0.05, 0.1) is 29.5 Å². The van der Waals surface area contributed by atoms with Crippen molar-refractivity contribution in [3.63, 3.8) is 0 Å². The number of anilines is 2. The first-order chi connectivity index (χ1) is 23.0. The van der Waals surface area contributed by atoms with E-state index in [0.717, 1.165) is 31.2 Å². The molecule has 0 spiro atoms. The van der Waals surface area contributed by atoms with Gasteiger partial charge < -0.3 is 20.1 Å². The summed E-state index contributed by atoms with van der Waals surface area (Å²) in [5.74, 6) is -2.02. The van der Waals surface area contributed by atoms with Gasteiger partial charge in [0, 0.05) is 48.6 Å². The minimum absolute atomic E-state index is 0.0741. The zero-order chi connectivity index (χ0) is 34.7. The number of rotatable bonds is 3. The molecule has 0 aliphatic carbocycles. The van der Waals surface area contributed by atoms with Crippen molar-refractivity contribution in [1.29, 1.82) is 5.26 Å². The minimum Gasteiger partial charge on any atom is -0.467 e. The smallest absolute Gasteiger partial charge is 0.417 e. The maximum Gasteiger partial charge on any atom is 0.417 e. The van der Waals surface area contributed by atoms with Crippen LogP contribution >= 0.6 is 11.3 Å². The number of fused-ring (bicyclic) bond motifs is 3. The molecule has 0 saturated carbocycles. The number of aromatic nitrogens is 2. The Morgan fingerprint density at radius 2 is 1.88 bits per heavy atom. The number of nitrogen functional groups attached to an aromatic ring is 1. The largest absolute Gasteiger partial charge is 0.467 e.